The molecule has 1 aromatic rings. The first-order chi connectivity index (χ1) is 16.7. The SMILES string of the molecule is CCCNC(=O)N1CCN(CC2=C(C(=O)OCC)[C@H](c3cc(C)ccc3C)NC(=O)N2C)C[C@@H]1C. The highest BCUT2D eigenvalue weighted by Gasteiger charge is 2.39. The molecule has 1 saturated heterocycles. The van der Waals surface area contributed by atoms with E-state index < -0.39 is 12.0 Å². The average Bonchev–Trinajstić information content (AvgIpc) is 2.82. The van der Waals surface area contributed by atoms with Crippen molar-refractivity contribution in [2.75, 3.05) is 46.4 Å². The van der Waals surface area contributed by atoms with Crippen molar-refractivity contribution in [1.29, 1.82) is 0 Å². The van der Waals surface area contributed by atoms with Gasteiger partial charge in [-0.3, -0.25) is 9.80 Å². The molecule has 9 nitrogen and oxygen atoms in total. The van der Waals surface area contributed by atoms with E-state index in [0.717, 1.165) is 23.1 Å². The Morgan fingerprint density at radius 2 is 1.94 bits per heavy atom. The third-order valence-corrected chi connectivity index (χ3v) is 6.69. The van der Waals surface area contributed by atoms with Gasteiger partial charge in [-0.15, -0.1) is 0 Å². The number of likely N-dealkylation sites (N-methyl/N-ethyl adjacent to an activating group) is 1. The van der Waals surface area contributed by atoms with Crippen LogP contribution in [0.2, 0.25) is 0 Å². The second kappa shape index (κ2) is 11.6. The minimum atomic E-state index is -0.591. The third-order valence-electron chi connectivity index (χ3n) is 6.69. The number of carbonyl (C=O) groups excluding carboxylic acids is 3. The van der Waals surface area contributed by atoms with E-state index in [1.807, 2.05) is 50.8 Å². The van der Waals surface area contributed by atoms with E-state index in [9.17, 15) is 14.4 Å². The molecule has 2 N–H and O–H groups in total. The summed E-state index contributed by atoms with van der Waals surface area (Å²) in [6, 6.07) is 5.14. The molecule has 2 atom stereocenters. The van der Waals surface area contributed by atoms with Crippen LogP contribution >= 0.6 is 0 Å². The summed E-state index contributed by atoms with van der Waals surface area (Å²) in [7, 11) is 1.68. The number of hydrogen-bond acceptors (Lipinski definition) is 5. The maximum absolute atomic E-state index is 13.3. The largest absolute Gasteiger partial charge is 0.463 e. The van der Waals surface area contributed by atoms with Crippen molar-refractivity contribution in [2.45, 2.75) is 53.1 Å². The van der Waals surface area contributed by atoms with Crippen LogP contribution in [0.4, 0.5) is 9.59 Å². The molecule has 0 bridgehead atoms. The van der Waals surface area contributed by atoms with Crippen molar-refractivity contribution in [3.63, 3.8) is 0 Å². The predicted octanol–water partition coefficient (Wildman–Crippen LogP) is 2.94. The molecule has 1 fully saturated rings. The third kappa shape index (κ3) is 5.96. The van der Waals surface area contributed by atoms with Crippen LogP contribution in [0, 0.1) is 13.8 Å². The zero-order valence-corrected chi connectivity index (χ0v) is 21.8. The number of aryl methyl sites for hydroxylation is 2. The minimum absolute atomic E-state index is 0.00443. The number of esters is 1. The van der Waals surface area contributed by atoms with Gasteiger partial charge in [-0.2, -0.15) is 0 Å². The van der Waals surface area contributed by atoms with Gasteiger partial charge in [0.15, 0.2) is 0 Å². The maximum atomic E-state index is 13.3. The van der Waals surface area contributed by atoms with Gasteiger partial charge in [0, 0.05) is 51.5 Å². The van der Waals surface area contributed by atoms with E-state index in [4.69, 9.17) is 4.74 Å². The van der Waals surface area contributed by atoms with Crippen LogP contribution in [0.5, 0.6) is 0 Å². The molecule has 0 unspecified atom stereocenters. The van der Waals surface area contributed by atoms with Crippen LogP contribution in [0.15, 0.2) is 29.5 Å². The molecule has 192 valence electrons. The second-order valence-electron chi connectivity index (χ2n) is 9.39. The van der Waals surface area contributed by atoms with Crippen LogP contribution in [0.3, 0.4) is 0 Å². The molecular formula is C26H39N5O4. The first-order valence-corrected chi connectivity index (χ1v) is 12.5. The Morgan fingerprint density at radius 3 is 2.60 bits per heavy atom. The highest BCUT2D eigenvalue weighted by molar-refractivity contribution is 5.95. The molecule has 35 heavy (non-hydrogen) atoms. The summed E-state index contributed by atoms with van der Waals surface area (Å²) in [4.78, 5) is 44.3. The summed E-state index contributed by atoms with van der Waals surface area (Å²) in [6.07, 6.45) is 0.890. The van der Waals surface area contributed by atoms with Crippen molar-refractivity contribution in [3.05, 3.63) is 46.2 Å². The topological polar surface area (TPSA) is 94.2 Å². The van der Waals surface area contributed by atoms with Gasteiger partial charge >= 0.3 is 18.0 Å². The summed E-state index contributed by atoms with van der Waals surface area (Å²) >= 11 is 0. The first kappa shape index (κ1) is 26.5. The minimum Gasteiger partial charge on any atom is -0.463 e. The quantitative estimate of drug-likeness (QED) is 0.579. The molecule has 0 saturated carbocycles. The first-order valence-electron chi connectivity index (χ1n) is 12.5. The predicted molar refractivity (Wildman–Crippen MR) is 135 cm³/mol. The Kier molecular flexibility index (Phi) is 8.77. The molecule has 0 aromatic heterocycles. The van der Waals surface area contributed by atoms with E-state index in [2.05, 4.69) is 15.5 Å². The molecule has 0 aliphatic carbocycles. The lowest BCUT2D eigenvalue weighted by molar-refractivity contribution is -0.139. The van der Waals surface area contributed by atoms with Gasteiger partial charge < -0.3 is 20.3 Å². The normalized spacial score (nSPS) is 21.1. The molecule has 9 heteroatoms. The van der Waals surface area contributed by atoms with E-state index in [1.54, 1.807) is 14.0 Å². The standard InChI is InChI=1S/C26H39N5O4/c1-7-11-27-25(33)31-13-12-30(15-19(31)5)16-21-22(24(32)35-8-2)23(28-26(34)29(21)6)20-14-17(3)9-10-18(20)4/h9-10,14,19,23H,7-8,11-13,15-16H2,1-6H3,(H,27,33)(H,28,34)/t19-,23-/m0/s1. The molecule has 4 amide bonds. The van der Waals surface area contributed by atoms with Crippen molar-refractivity contribution in [3.8, 4) is 0 Å². The highest BCUT2D eigenvalue weighted by atomic mass is 16.5. The fraction of sp³-hybridized carbons (Fsp3) is 0.577. The van der Waals surface area contributed by atoms with Crippen molar-refractivity contribution < 1.29 is 19.1 Å². The Bertz CT molecular complexity index is 992. The number of urea groups is 2. The van der Waals surface area contributed by atoms with Crippen LogP contribution in [-0.4, -0.2) is 85.2 Å². The van der Waals surface area contributed by atoms with Crippen LogP contribution in [-0.2, 0) is 9.53 Å². The molecule has 2 aliphatic heterocycles. The van der Waals surface area contributed by atoms with Gasteiger partial charge in [-0.25, -0.2) is 14.4 Å². The lowest BCUT2D eigenvalue weighted by Gasteiger charge is -2.42. The lowest BCUT2D eigenvalue weighted by Crippen LogP contribution is -2.58. The fourth-order valence-electron chi connectivity index (χ4n) is 4.73. The summed E-state index contributed by atoms with van der Waals surface area (Å²) in [5.74, 6) is -0.425. The Balaban J connectivity index is 1.93. The molecular weight excluding hydrogens is 446 g/mol. The van der Waals surface area contributed by atoms with Crippen LogP contribution < -0.4 is 10.6 Å². The van der Waals surface area contributed by atoms with Gasteiger partial charge in [0.05, 0.1) is 18.2 Å². The van der Waals surface area contributed by atoms with E-state index in [1.165, 1.54) is 4.90 Å². The summed E-state index contributed by atoms with van der Waals surface area (Å²) < 4.78 is 5.46. The maximum Gasteiger partial charge on any atom is 0.338 e. The second-order valence-corrected chi connectivity index (χ2v) is 9.39. The molecule has 1 aromatic carbocycles. The number of nitrogens with zero attached hydrogens (tertiary/aromatic N) is 3. The van der Waals surface area contributed by atoms with Crippen molar-refractivity contribution in [2.24, 2.45) is 0 Å². The Hall–Kier alpha value is -3.07. The fourth-order valence-corrected chi connectivity index (χ4v) is 4.73. The lowest BCUT2D eigenvalue weighted by atomic mass is 9.90. The zero-order chi connectivity index (χ0) is 25.7. The number of amides is 4. The highest BCUT2D eigenvalue weighted by Crippen LogP contribution is 2.33. The summed E-state index contributed by atoms with van der Waals surface area (Å²) in [5, 5.41) is 5.95. The number of nitrogens with one attached hydrogen (secondary N) is 2. The number of carbonyl (C=O) groups is 3. The summed E-state index contributed by atoms with van der Waals surface area (Å²) in [5.41, 5.74) is 4.02. The molecule has 3 rings (SSSR count). The van der Waals surface area contributed by atoms with E-state index in [-0.39, 0.29) is 24.7 Å². The molecule has 0 spiro atoms. The number of hydrogen-bond donors (Lipinski definition) is 2. The summed E-state index contributed by atoms with van der Waals surface area (Å²) in [6.45, 7) is 13.0. The van der Waals surface area contributed by atoms with E-state index >= 15 is 0 Å². The number of benzene rings is 1. The smallest absolute Gasteiger partial charge is 0.338 e. The zero-order valence-electron chi connectivity index (χ0n) is 21.8. The van der Waals surface area contributed by atoms with Gasteiger partial charge in [-0.05, 0) is 45.2 Å². The van der Waals surface area contributed by atoms with E-state index in [0.29, 0.717) is 44.0 Å². The van der Waals surface area contributed by atoms with Crippen LogP contribution in [0.1, 0.15) is 49.9 Å². The monoisotopic (exact) mass is 485 g/mol. The van der Waals surface area contributed by atoms with Gasteiger partial charge in [0.25, 0.3) is 0 Å². The number of ether oxygens (including phenoxy) is 1. The van der Waals surface area contributed by atoms with Crippen molar-refractivity contribution in [1.82, 2.24) is 25.3 Å². The van der Waals surface area contributed by atoms with Gasteiger partial charge in [0.1, 0.15) is 0 Å². The van der Waals surface area contributed by atoms with Gasteiger partial charge in [0.2, 0.25) is 0 Å². The molecule has 0 radical (unpaired) electrons. The van der Waals surface area contributed by atoms with Crippen molar-refractivity contribution >= 4 is 18.0 Å². The molecule has 2 heterocycles. The Morgan fingerprint density at radius 1 is 1.20 bits per heavy atom. The number of piperazine rings is 1. The Labute approximate surface area is 208 Å². The van der Waals surface area contributed by atoms with Gasteiger partial charge in [-0.1, -0.05) is 30.7 Å². The molecule has 2 aliphatic rings. The van der Waals surface area contributed by atoms with Crippen LogP contribution in [0.25, 0.3) is 0 Å². The number of rotatable bonds is 7. The average molecular weight is 486 g/mol.